The summed E-state index contributed by atoms with van der Waals surface area (Å²) in [6, 6.07) is 18.7. The van der Waals surface area contributed by atoms with Crippen LogP contribution < -0.4 is 0 Å². The van der Waals surface area contributed by atoms with Crippen LogP contribution in [0.4, 0.5) is 0 Å². The standard InChI is InChI=1S/C21H17IN2/c1-21(22)14-8-7-11-17(15-21)24-19-13-6-5-12-18(19)23-20(24)16-9-3-2-4-10-16/h2-15H,1H3/t21-/m0/s1. The molecule has 3 aromatic rings. The van der Waals surface area contributed by atoms with Gasteiger partial charge in [-0.2, -0.15) is 0 Å². The van der Waals surface area contributed by atoms with Crippen LogP contribution in [0.15, 0.2) is 85.0 Å². The van der Waals surface area contributed by atoms with Crippen LogP contribution >= 0.6 is 22.6 Å². The highest BCUT2D eigenvalue weighted by molar-refractivity contribution is 14.1. The first kappa shape index (κ1) is 15.4. The summed E-state index contributed by atoms with van der Waals surface area (Å²) in [5, 5.41) is 0. The van der Waals surface area contributed by atoms with Crippen molar-refractivity contribution in [2.24, 2.45) is 0 Å². The second-order valence-corrected chi connectivity index (χ2v) is 8.39. The lowest BCUT2D eigenvalue weighted by Crippen LogP contribution is -2.09. The fourth-order valence-corrected chi connectivity index (χ4v) is 3.52. The second kappa shape index (κ2) is 6.06. The summed E-state index contributed by atoms with van der Waals surface area (Å²) in [6.07, 6.45) is 10.9. The third-order valence-electron chi connectivity index (χ3n) is 4.08. The van der Waals surface area contributed by atoms with E-state index in [1.807, 2.05) is 12.1 Å². The monoisotopic (exact) mass is 424 g/mol. The molecule has 2 nitrogen and oxygen atoms in total. The van der Waals surface area contributed by atoms with Gasteiger partial charge in [-0.05, 0) is 31.2 Å². The second-order valence-electron chi connectivity index (χ2n) is 6.06. The average Bonchev–Trinajstić information content (AvgIpc) is 2.88. The third-order valence-corrected chi connectivity index (χ3v) is 4.75. The molecule has 1 heterocycles. The lowest BCUT2D eigenvalue weighted by molar-refractivity contribution is 1.04. The molecule has 0 fully saturated rings. The molecule has 0 bridgehead atoms. The van der Waals surface area contributed by atoms with Gasteiger partial charge in [-0.25, -0.2) is 4.98 Å². The Balaban J connectivity index is 2.02. The molecular weight excluding hydrogens is 407 g/mol. The Morgan fingerprint density at radius 3 is 2.54 bits per heavy atom. The highest BCUT2D eigenvalue weighted by Crippen LogP contribution is 2.33. The number of fused-ring (bicyclic) bond motifs is 1. The van der Waals surface area contributed by atoms with Crippen molar-refractivity contribution < 1.29 is 0 Å². The Bertz CT molecular complexity index is 976. The van der Waals surface area contributed by atoms with Crippen molar-refractivity contribution in [3.63, 3.8) is 0 Å². The molecule has 0 spiro atoms. The van der Waals surface area contributed by atoms with Gasteiger partial charge in [0.15, 0.2) is 0 Å². The zero-order valence-corrected chi connectivity index (χ0v) is 15.5. The van der Waals surface area contributed by atoms with E-state index < -0.39 is 0 Å². The van der Waals surface area contributed by atoms with E-state index in [2.05, 4.69) is 107 Å². The lowest BCUT2D eigenvalue weighted by atomic mass is 10.1. The van der Waals surface area contributed by atoms with Gasteiger partial charge in [0.25, 0.3) is 0 Å². The first-order valence-corrected chi connectivity index (χ1v) is 9.03. The molecule has 2 aromatic carbocycles. The van der Waals surface area contributed by atoms with Gasteiger partial charge in [0, 0.05) is 11.3 Å². The normalized spacial score (nSPS) is 20.2. The highest BCUT2D eigenvalue weighted by Gasteiger charge is 2.19. The average molecular weight is 424 g/mol. The SMILES string of the molecule is C[C@]1(I)C=CC=CC(n2c(-c3ccccc3)nc3ccccc32)=C1. The van der Waals surface area contributed by atoms with Crippen molar-refractivity contribution >= 4 is 39.3 Å². The molecule has 0 N–H and O–H groups in total. The van der Waals surface area contributed by atoms with E-state index in [4.69, 9.17) is 4.98 Å². The van der Waals surface area contributed by atoms with Gasteiger partial charge >= 0.3 is 0 Å². The Morgan fingerprint density at radius 1 is 0.958 bits per heavy atom. The minimum Gasteiger partial charge on any atom is -0.293 e. The van der Waals surface area contributed by atoms with E-state index in [-0.39, 0.29) is 3.42 Å². The van der Waals surface area contributed by atoms with Crippen LogP contribution in [0.2, 0.25) is 0 Å². The zero-order chi connectivity index (χ0) is 16.6. The van der Waals surface area contributed by atoms with Gasteiger partial charge in [-0.3, -0.25) is 4.57 Å². The molecule has 0 amide bonds. The van der Waals surface area contributed by atoms with Gasteiger partial charge in [-0.15, -0.1) is 0 Å². The molecule has 0 saturated heterocycles. The summed E-state index contributed by atoms with van der Waals surface area (Å²) in [5.41, 5.74) is 4.40. The quantitative estimate of drug-likeness (QED) is 0.372. The molecular formula is C21H17IN2. The zero-order valence-electron chi connectivity index (χ0n) is 13.4. The smallest absolute Gasteiger partial charge is 0.145 e. The maximum Gasteiger partial charge on any atom is 0.145 e. The molecule has 1 atom stereocenters. The number of hydrogen-bond donors (Lipinski definition) is 0. The predicted octanol–water partition coefficient (Wildman–Crippen LogP) is 5.86. The summed E-state index contributed by atoms with van der Waals surface area (Å²) in [6.45, 7) is 2.21. The molecule has 1 aliphatic carbocycles. The number of halogens is 1. The largest absolute Gasteiger partial charge is 0.293 e. The predicted molar refractivity (Wildman–Crippen MR) is 110 cm³/mol. The molecule has 1 aromatic heterocycles. The van der Waals surface area contributed by atoms with E-state index in [1.54, 1.807) is 0 Å². The number of imidazole rings is 1. The van der Waals surface area contributed by atoms with Crippen LogP contribution in [0.25, 0.3) is 28.1 Å². The minimum absolute atomic E-state index is 0.0318. The van der Waals surface area contributed by atoms with Crippen molar-refractivity contribution in [1.82, 2.24) is 9.55 Å². The van der Waals surface area contributed by atoms with Crippen LogP contribution in [0.5, 0.6) is 0 Å². The van der Waals surface area contributed by atoms with Crippen molar-refractivity contribution in [3.8, 4) is 11.4 Å². The van der Waals surface area contributed by atoms with Gasteiger partial charge in [-0.1, -0.05) is 83.3 Å². The van der Waals surface area contributed by atoms with Crippen LogP contribution in [0.1, 0.15) is 6.92 Å². The number of aromatic nitrogens is 2. The number of nitrogens with zero attached hydrogens (tertiary/aromatic N) is 2. The first-order chi connectivity index (χ1) is 11.6. The lowest BCUT2D eigenvalue weighted by Gasteiger charge is -2.16. The number of alkyl halides is 1. The van der Waals surface area contributed by atoms with Crippen LogP contribution in [0, 0.1) is 0 Å². The number of allylic oxidation sites excluding steroid dienone is 6. The van der Waals surface area contributed by atoms with E-state index in [0.717, 1.165) is 28.1 Å². The highest BCUT2D eigenvalue weighted by atomic mass is 127. The van der Waals surface area contributed by atoms with Gasteiger partial charge in [0.05, 0.1) is 14.5 Å². The van der Waals surface area contributed by atoms with Crippen molar-refractivity contribution in [2.45, 2.75) is 10.3 Å². The summed E-state index contributed by atoms with van der Waals surface area (Å²) < 4.78 is 2.22. The Kier molecular flexibility index (Phi) is 3.88. The minimum atomic E-state index is -0.0318. The van der Waals surface area contributed by atoms with Crippen molar-refractivity contribution in [2.75, 3.05) is 0 Å². The fraction of sp³-hybridized carbons (Fsp3) is 0.0952. The summed E-state index contributed by atoms with van der Waals surface area (Å²) in [5.74, 6) is 0.974. The summed E-state index contributed by atoms with van der Waals surface area (Å²) in [7, 11) is 0. The molecule has 1 aliphatic rings. The van der Waals surface area contributed by atoms with Crippen LogP contribution in [-0.2, 0) is 0 Å². The fourth-order valence-electron chi connectivity index (χ4n) is 2.99. The molecule has 0 unspecified atom stereocenters. The van der Waals surface area contributed by atoms with Gasteiger partial charge in [0.2, 0.25) is 0 Å². The third kappa shape index (κ3) is 2.84. The van der Waals surface area contributed by atoms with E-state index in [9.17, 15) is 0 Å². The maximum atomic E-state index is 4.90. The van der Waals surface area contributed by atoms with Gasteiger partial charge < -0.3 is 0 Å². The topological polar surface area (TPSA) is 17.8 Å². The van der Waals surface area contributed by atoms with Gasteiger partial charge in [0.1, 0.15) is 5.82 Å². The van der Waals surface area contributed by atoms with Crippen molar-refractivity contribution in [1.29, 1.82) is 0 Å². The van der Waals surface area contributed by atoms with E-state index in [0.29, 0.717) is 0 Å². The first-order valence-electron chi connectivity index (χ1n) is 7.95. The molecule has 0 aliphatic heterocycles. The molecule has 118 valence electrons. The molecule has 3 heteroatoms. The number of hydrogen-bond acceptors (Lipinski definition) is 1. The Labute approximate surface area is 155 Å². The number of rotatable bonds is 2. The van der Waals surface area contributed by atoms with Crippen molar-refractivity contribution in [3.05, 3.63) is 85.0 Å². The summed E-state index contributed by atoms with van der Waals surface area (Å²) in [4.78, 5) is 4.90. The van der Waals surface area contributed by atoms with E-state index >= 15 is 0 Å². The maximum absolute atomic E-state index is 4.90. The molecule has 4 rings (SSSR count). The number of para-hydroxylation sites is 2. The Morgan fingerprint density at radius 2 is 1.71 bits per heavy atom. The molecule has 0 radical (unpaired) electrons. The summed E-state index contributed by atoms with van der Waals surface area (Å²) >= 11 is 2.47. The van der Waals surface area contributed by atoms with Crippen LogP contribution in [0.3, 0.4) is 0 Å². The number of benzene rings is 2. The van der Waals surface area contributed by atoms with E-state index in [1.165, 1.54) is 0 Å². The molecule has 24 heavy (non-hydrogen) atoms. The van der Waals surface area contributed by atoms with Crippen LogP contribution in [-0.4, -0.2) is 13.0 Å². The molecule has 0 saturated carbocycles. The Hall–Kier alpha value is -2.14.